The molecule has 21 heavy (non-hydrogen) atoms. The SMILES string of the molecule is Cc1ccc(NC(=O)NCC(F)(F)F)c(C#CCCO)c1. The van der Waals surface area contributed by atoms with Gasteiger partial charge in [-0.3, -0.25) is 0 Å². The van der Waals surface area contributed by atoms with Gasteiger partial charge in [0.2, 0.25) is 0 Å². The van der Waals surface area contributed by atoms with E-state index in [1.165, 1.54) is 0 Å². The van der Waals surface area contributed by atoms with Crippen LogP contribution < -0.4 is 10.6 Å². The molecule has 0 aliphatic heterocycles. The number of amides is 2. The Bertz CT molecular complexity index is 560. The second kappa shape index (κ2) is 7.55. The number of aliphatic hydroxyl groups excluding tert-OH is 1. The molecule has 0 aliphatic rings. The molecular formula is C14H15F3N2O2. The van der Waals surface area contributed by atoms with Crippen molar-refractivity contribution in [2.75, 3.05) is 18.5 Å². The predicted octanol–water partition coefficient (Wildman–Crippen LogP) is 2.41. The van der Waals surface area contributed by atoms with E-state index in [9.17, 15) is 18.0 Å². The first-order valence-electron chi connectivity index (χ1n) is 6.14. The molecule has 1 rings (SSSR count). The van der Waals surface area contributed by atoms with Gasteiger partial charge in [-0.15, -0.1) is 0 Å². The molecule has 0 saturated heterocycles. The first-order valence-corrected chi connectivity index (χ1v) is 6.14. The summed E-state index contributed by atoms with van der Waals surface area (Å²) in [5, 5.41) is 12.7. The van der Waals surface area contributed by atoms with Crippen LogP contribution in [-0.2, 0) is 0 Å². The molecule has 4 nitrogen and oxygen atoms in total. The van der Waals surface area contributed by atoms with Crippen LogP contribution in [0, 0.1) is 18.8 Å². The maximum Gasteiger partial charge on any atom is 0.405 e. The van der Waals surface area contributed by atoms with Crippen LogP contribution in [0.1, 0.15) is 17.5 Å². The fourth-order valence-electron chi connectivity index (χ4n) is 1.43. The summed E-state index contributed by atoms with van der Waals surface area (Å²) in [5.41, 5.74) is 1.68. The third kappa shape index (κ3) is 6.68. The van der Waals surface area contributed by atoms with Crippen LogP contribution in [0.3, 0.4) is 0 Å². The van der Waals surface area contributed by atoms with Crippen molar-refractivity contribution in [3.8, 4) is 11.8 Å². The van der Waals surface area contributed by atoms with Crippen molar-refractivity contribution in [3.05, 3.63) is 29.3 Å². The molecule has 2 amide bonds. The van der Waals surface area contributed by atoms with E-state index in [2.05, 4.69) is 17.2 Å². The second-order valence-electron chi connectivity index (χ2n) is 4.25. The quantitative estimate of drug-likeness (QED) is 0.751. The van der Waals surface area contributed by atoms with Gasteiger partial charge >= 0.3 is 12.2 Å². The summed E-state index contributed by atoms with van der Waals surface area (Å²) in [6, 6.07) is 4.01. The number of aryl methyl sites for hydroxylation is 1. The van der Waals surface area contributed by atoms with Crippen molar-refractivity contribution in [3.63, 3.8) is 0 Å². The third-order valence-corrected chi connectivity index (χ3v) is 2.33. The highest BCUT2D eigenvalue weighted by Gasteiger charge is 2.27. The normalized spacial score (nSPS) is 10.5. The fraction of sp³-hybridized carbons (Fsp3) is 0.357. The molecule has 3 N–H and O–H groups in total. The number of hydrogen-bond acceptors (Lipinski definition) is 2. The molecule has 0 fully saturated rings. The minimum Gasteiger partial charge on any atom is -0.395 e. The minimum atomic E-state index is -4.46. The minimum absolute atomic E-state index is 0.0896. The first kappa shape index (κ1) is 16.9. The van der Waals surface area contributed by atoms with Crippen molar-refractivity contribution < 1.29 is 23.1 Å². The van der Waals surface area contributed by atoms with Gasteiger partial charge in [-0.1, -0.05) is 17.9 Å². The molecule has 0 aliphatic carbocycles. The van der Waals surface area contributed by atoms with E-state index in [4.69, 9.17) is 5.11 Å². The Morgan fingerprint density at radius 1 is 1.38 bits per heavy atom. The number of rotatable bonds is 3. The number of anilines is 1. The second-order valence-corrected chi connectivity index (χ2v) is 4.25. The maximum absolute atomic E-state index is 12.0. The number of benzene rings is 1. The van der Waals surface area contributed by atoms with Gasteiger partial charge in [0.25, 0.3) is 0 Å². The fourth-order valence-corrected chi connectivity index (χ4v) is 1.43. The molecular weight excluding hydrogens is 285 g/mol. The van der Waals surface area contributed by atoms with E-state index in [0.717, 1.165) is 5.56 Å². The first-order chi connectivity index (χ1) is 9.81. The Morgan fingerprint density at radius 3 is 2.71 bits per heavy atom. The van der Waals surface area contributed by atoms with Crippen LogP contribution in [0.2, 0.25) is 0 Å². The van der Waals surface area contributed by atoms with E-state index in [1.807, 2.05) is 6.92 Å². The molecule has 7 heteroatoms. The van der Waals surface area contributed by atoms with E-state index >= 15 is 0 Å². The van der Waals surface area contributed by atoms with Crippen LogP contribution >= 0.6 is 0 Å². The lowest BCUT2D eigenvalue weighted by atomic mass is 10.1. The summed E-state index contributed by atoms with van der Waals surface area (Å²) in [4.78, 5) is 11.4. The highest BCUT2D eigenvalue weighted by atomic mass is 19.4. The molecule has 0 atom stereocenters. The van der Waals surface area contributed by atoms with E-state index in [0.29, 0.717) is 11.3 Å². The van der Waals surface area contributed by atoms with E-state index in [1.54, 1.807) is 23.5 Å². The number of hydrogen-bond donors (Lipinski definition) is 3. The van der Waals surface area contributed by atoms with Gasteiger partial charge in [-0.05, 0) is 24.6 Å². The monoisotopic (exact) mass is 300 g/mol. The van der Waals surface area contributed by atoms with Crippen LogP contribution in [0.5, 0.6) is 0 Å². The maximum atomic E-state index is 12.0. The van der Waals surface area contributed by atoms with E-state index < -0.39 is 18.8 Å². The van der Waals surface area contributed by atoms with Crippen molar-refractivity contribution >= 4 is 11.7 Å². The molecule has 0 spiro atoms. The van der Waals surface area contributed by atoms with Gasteiger partial charge in [0, 0.05) is 12.0 Å². The summed E-state index contributed by atoms with van der Waals surface area (Å²) in [5.74, 6) is 5.45. The lowest BCUT2D eigenvalue weighted by Gasteiger charge is -2.11. The van der Waals surface area contributed by atoms with Crippen LogP contribution in [0.4, 0.5) is 23.7 Å². The standard InChI is InChI=1S/C14H15F3N2O2/c1-10-5-6-12(11(8-10)4-2-3-7-20)19-13(21)18-9-14(15,16)17/h5-6,8,20H,3,7,9H2,1H3,(H2,18,19,21). The molecule has 0 radical (unpaired) electrons. The van der Waals surface area contributed by atoms with Gasteiger partial charge in [-0.2, -0.15) is 13.2 Å². The van der Waals surface area contributed by atoms with Gasteiger partial charge in [0.1, 0.15) is 6.54 Å². The van der Waals surface area contributed by atoms with Crippen molar-refractivity contribution in [1.82, 2.24) is 5.32 Å². The smallest absolute Gasteiger partial charge is 0.395 e. The van der Waals surface area contributed by atoms with Crippen molar-refractivity contribution in [1.29, 1.82) is 0 Å². The zero-order valence-corrected chi connectivity index (χ0v) is 11.3. The Morgan fingerprint density at radius 2 is 2.10 bits per heavy atom. The Hall–Kier alpha value is -2.20. The number of aliphatic hydroxyl groups is 1. The number of carbonyl (C=O) groups is 1. The Balaban J connectivity index is 2.78. The van der Waals surface area contributed by atoms with Gasteiger partial charge in [-0.25, -0.2) is 4.79 Å². The zero-order valence-electron chi connectivity index (χ0n) is 11.3. The number of halogens is 3. The molecule has 0 aromatic heterocycles. The topological polar surface area (TPSA) is 61.4 Å². The highest BCUT2D eigenvalue weighted by Crippen LogP contribution is 2.17. The number of alkyl halides is 3. The lowest BCUT2D eigenvalue weighted by Crippen LogP contribution is -2.36. The number of urea groups is 1. The molecule has 1 aromatic carbocycles. The van der Waals surface area contributed by atoms with Crippen LogP contribution in [0.15, 0.2) is 18.2 Å². The lowest BCUT2D eigenvalue weighted by molar-refractivity contribution is -0.122. The predicted molar refractivity (Wildman–Crippen MR) is 72.8 cm³/mol. The van der Waals surface area contributed by atoms with Crippen molar-refractivity contribution in [2.45, 2.75) is 19.5 Å². The number of carbonyl (C=O) groups excluding carboxylic acids is 1. The summed E-state index contributed by atoms with van der Waals surface area (Å²) >= 11 is 0. The van der Waals surface area contributed by atoms with Gasteiger partial charge in [0.15, 0.2) is 0 Å². The van der Waals surface area contributed by atoms with Crippen molar-refractivity contribution in [2.24, 2.45) is 0 Å². The summed E-state index contributed by atoms with van der Waals surface area (Å²) in [7, 11) is 0. The van der Waals surface area contributed by atoms with Gasteiger partial charge < -0.3 is 15.7 Å². The molecule has 0 saturated carbocycles. The summed E-state index contributed by atoms with van der Waals surface area (Å²) < 4.78 is 36.0. The molecule has 0 heterocycles. The average Bonchev–Trinajstić information content (AvgIpc) is 2.39. The molecule has 0 unspecified atom stereocenters. The summed E-state index contributed by atoms with van der Waals surface area (Å²) in [6.07, 6.45) is -4.19. The third-order valence-electron chi connectivity index (χ3n) is 2.33. The van der Waals surface area contributed by atoms with Crippen LogP contribution in [0.25, 0.3) is 0 Å². The zero-order chi connectivity index (χ0) is 15.9. The Kier molecular flexibility index (Phi) is 6.06. The van der Waals surface area contributed by atoms with E-state index in [-0.39, 0.29) is 13.0 Å². The van der Waals surface area contributed by atoms with Crippen LogP contribution in [-0.4, -0.2) is 30.5 Å². The number of nitrogens with one attached hydrogen (secondary N) is 2. The molecule has 114 valence electrons. The molecule has 1 aromatic rings. The highest BCUT2D eigenvalue weighted by molar-refractivity contribution is 5.90. The van der Waals surface area contributed by atoms with Gasteiger partial charge in [0.05, 0.1) is 12.3 Å². The average molecular weight is 300 g/mol. The Labute approximate surface area is 120 Å². The summed E-state index contributed by atoms with van der Waals surface area (Å²) in [6.45, 7) is 0.328. The largest absolute Gasteiger partial charge is 0.405 e. The molecule has 0 bridgehead atoms.